The van der Waals surface area contributed by atoms with E-state index in [1.165, 1.54) is 17.4 Å². The molecule has 0 atom stereocenters. The Bertz CT molecular complexity index is 651. The van der Waals surface area contributed by atoms with Crippen molar-refractivity contribution in [2.45, 2.75) is 13.1 Å². The number of hydrogen-bond acceptors (Lipinski definition) is 2. The monoisotopic (exact) mass is 363 g/mol. The molecule has 0 saturated carbocycles. The lowest BCUT2D eigenvalue weighted by Crippen LogP contribution is -2.13. The molecule has 0 spiro atoms. The molecular weight excluding hydrogens is 355 g/mol. The molecule has 0 aliphatic carbocycles. The van der Waals surface area contributed by atoms with Gasteiger partial charge >= 0.3 is 6.18 Å². The van der Waals surface area contributed by atoms with Crippen LogP contribution in [0.5, 0.6) is 0 Å². The Morgan fingerprint density at radius 1 is 1.30 bits per heavy atom. The van der Waals surface area contributed by atoms with Crippen molar-refractivity contribution in [3.63, 3.8) is 0 Å². The summed E-state index contributed by atoms with van der Waals surface area (Å²) in [4.78, 5) is 12.4. The third-order valence-electron chi connectivity index (χ3n) is 2.64. The van der Waals surface area contributed by atoms with Crippen LogP contribution < -0.4 is 5.32 Å². The van der Waals surface area contributed by atoms with Crippen LogP contribution in [-0.4, -0.2) is 5.91 Å². The molecule has 1 aromatic heterocycles. The molecule has 106 valence electrons. The van der Waals surface area contributed by atoms with E-state index in [2.05, 4.69) is 21.2 Å². The molecule has 0 unspecified atom stereocenters. The van der Waals surface area contributed by atoms with Gasteiger partial charge in [0, 0.05) is 10.2 Å². The molecule has 0 radical (unpaired) electrons. The van der Waals surface area contributed by atoms with Crippen LogP contribution >= 0.6 is 27.3 Å². The number of alkyl halides is 3. The second-order valence-corrected chi connectivity index (χ2v) is 5.85. The maximum atomic E-state index is 12.7. The number of carbonyl (C=O) groups is 1. The first kappa shape index (κ1) is 15.1. The number of thiophene rings is 1. The van der Waals surface area contributed by atoms with Gasteiger partial charge in [-0.2, -0.15) is 13.2 Å². The molecule has 2 nitrogen and oxygen atoms in total. The zero-order valence-electron chi connectivity index (χ0n) is 10.2. The van der Waals surface area contributed by atoms with Crippen molar-refractivity contribution >= 4 is 38.9 Å². The SMILES string of the molecule is Cc1ccc(C(F)(F)F)cc1NC(=O)c1sccc1Br. The second kappa shape index (κ2) is 5.57. The zero-order valence-corrected chi connectivity index (χ0v) is 12.6. The van der Waals surface area contributed by atoms with E-state index in [0.29, 0.717) is 14.9 Å². The standard InChI is InChI=1S/C13H9BrF3NOS/c1-7-2-3-8(13(15,16)17)6-10(7)18-12(19)11-9(14)4-5-20-11/h2-6H,1H3,(H,18,19). The first-order valence-corrected chi connectivity index (χ1v) is 7.18. The Hall–Kier alpha value is -1.34. The summed E-state index contributed by atoms with van der Waals surface area (Å²) >= 11 is 4.43. The van der Waals surface area contributed by atoms with Gasteiger partial charge < -0.3 is 5.32 Å². The van der Waals surface area contributed by atoms with Gasteiger partial charge in [0.05, 0.1) is 5.56 Å². The van der Waals surface area contributed by atoms with E-state index in [1.807, 2.05) is 0 Å². The van der Waals surface area contributed by atoms with Gasteiger partial charge in [-0.15, -0.1) is 11.3 Å². The number of aryl methyl sites for hydroxylation is 1. The second-order valence-electron chi connectivity index (χ2n) is 4.08. The number of hydrogen-bond donors (Lipinski definition) is 1. The molecule has 1 aromatic carbocycles. The van der Waals surface area contributed by atoms with E-state index < -0.39 is 17.6 Å². The Balaban J connectivity index is 2.30. The third-order valence-corrected chi connectivity index (χ3v) is 4.47. The Morgan fingerprint density at radius 3 is 2.55 bits per heavy atom. The normalized spacial score (nSPS) is 11.4. The summed E-state index contributed by atoms with van der Waals surface area (Å²) in [6.07, 6.45) is -4.43. The van der Waals surface area contributed by atoms with E-state index >= 15 is 0 Å². The molecular formula is C13H9BrF3NOS. The van der Waals surface area contributed by atoms with Crippen molar-refractivity contribution in [2.75, 3.05) is 5.32 Å². The van der Waals surface area contributed by atoms with Crippen molar-refractivity contribution in [3.8, 4) is 0 Å². The maximum absolute atomic E-state index is 12.7. The number of benzene rings is 1. The van der Waals surface area contributed by atoms with Crippen molar-refractivity contribution < 1.29 is 18.0 Å². The molecule has 0 aliphatic rings. The zero-order chi connectivity index (χ0) is 14.9. The van der Waals surface area contributed by atoms with Crippen LogP contribution in [0.2, 0.25) is 0 Å². The summed E-state index contributed by atoms with van der Waals surface area (Å²) in [5.41, 5.74) is -0.0622. The molecule has 0 aliphatic heterocycles. The summed E-state index contributed by atoms with van der Waals surface area (Å²) in [6.45, 7) is 1.64. The highest BCUT2D eigenvalue weighted by Crippen LogP contribution is 2.32. The van der Waals surface area contributed by atoms with Gasteiger partial charge in [-0.3, -0.25) is 4.79 Å². The van der Waals surface area contributed by atoms with E-state index in [4.69, 9.17) is 0 Å². The molecule has 0 fully saturated rings. The molecule has 2 aromatic rings. The third kappa shape index (κ3) is 3.21. The van der Waals surface area contributed by atoms with Crippen LogP contribution in [0, 0.1) is 6.92 Å². The fraction of sp³-hybridized carbons (Fsp3) is 0.154. The molecule has 1 amide bonds. The summed E-state index contributed by atoms with van der Waals surface area (Å²) < 4.78 is 38.6. The quantitative estimate of drug-likeness (QED) is 0.790. The largest absolute Gasteiger partial charge is 0.416 e. The van der Waals surface area contributed by atoms with Gasteiger partial charge in [0.25, 0.3) is 5.91 Å². The predicted octanol–water partition coefficient (Wildman–Crippen LogP) is 5.09. The highest BCUT2D eigenvalue weighted by Gasteiger charge is 2.31. The Morgan fingerprint density at radius 2 is 2.00 bits per heavy atom. The van der Waals surface area contributed by atoms with Crippen molar-refractivity contribution in [2.24, 2.45) is 0 Å². The van der Waals surface area contributed by atoms with E-state index in [0.717, 1.165) is 12.1 Å². The maximum Gasteiger partial charge on any atom is 0.416 e. The van der Waals surface area contributed by atoms with Gasteiger partial charge in [-0.05, 0) is 52.0 Å². The van der Waals surface area contributed by atoms with Crippen LogP contribution in [0.4, 0.5) is 18.9 Å². The minimum Gasteiger partial charge on any atom is -0.321 e. The average molecular weight is 364 g/mol. The molecule has 1 N–H and O–H groups in total. The highest BCUT2D eigenvalue weighted by atomic mass is 79.9. The number of nitrogens with one attached hydrogen (secondary N) is 1. The molecule has 20 heavy (non-hydrogen) atoms. The fourth-order valence-electron chi connectivity index (χ4n) is 1.57. The van der Waals surface area contributed by atoms with Crippen LogP contribution in [-0.2, 0) is 6.18 Å². The highest BCUT2D eigenvalue weighted by molar-refractivity contribution is 9.10. The molecule has 7 heteroatoms. The van der Waals surface area contributed by atoms with Gasteiger partial charge in [0.1, 0.15) is 4.88 Å². The number of carbonyl (C=O) groups excluding carboxylic acids is 1. The number of amides is 1. The smallest absolute Gasteiger partial charge is 0.321 e. The summed E-state index contributed by atoms with van der Waals surface area (Å²) in [5.74, 6) is -0.436. The first-order valence-electron chi connectivity index (χ1n) is 5.51. The lowest BCUT2D eigenvalue weighted by Gasteiger charge is -2.12. The Kier molecular flexibility index (Phi) is 4.19. The van der Waals surface area contributed by atoms with Gasteiger partial charge in [0.2, 0.25) is 0 Å². The summed E-state index contributed by atoms with van der Waals surface area (Å²) in [7, 11) is 0. The number of halogens is 4. The van der Waals surface area contributed by atoms with Crippen LogP contribution in [0.15, 0.2) is 34.1 Å². The molecule has 0 saturated heterocycles. The lowest BCUT2D eigenvalue weighted by atomic mass is 10.1. The van der Waals surface area contributed by atoms with Crippen LogP contribution in [0.25, 0.3) is 0 Å². The lowest BCUT2D eigenvalue weighted by molar-refractivity contribution is -0.137. The minimum absolute atomic E-state index is 0.158. The van der Waals surface area contributed by atoms with E-state index in [9.17, 15) is 18.0 Å². The fourth-order valence-corrected chi connectivity index (χ4v) is 3.01. The minimum atomic E-state index is -4.43. The molecule has 0 bridgehead atoms. The summed E-state index contributed by atoms with van der Waals surface area (Å²) in [6, 6.07) is 4.97. The number of anilines is 1. The number of rotatable bonds is 2. The van der Waals surface area contributed by atoms with E-state index in [1.54, 1.807) is 18.4 Å². The predicted molar refractivity (Wildman–Crippen MR) is 76.2 cm³/mol. The summed E-state index contributed by atoms with van der Waals surface area (Å²) in [5, 5.41) is 4.23. The van der Waals surface area contributed by atoms with E-state index in [-0.39, 0.29) is 5.69 Å². The van der Waals surface area contributed by atoms with Crippen molar-refractivity contribution in [1.82, 2.24) is 0 Å². The first-order chi connectivity index (χ1) is 9.29. The van der Waals surface area contributed by atoms with Gasteiger partial charge in [-0.1, -0.05) is 6.07 Å². The van der Waals surface area contributed by atoms with Crippen molar-refractivity contribution in [1.29, 1.82) is 0 Å². The topological polar surface area (TPSA) is 29.1 Å². The van der Waals surface area contributed by atoms with Crippen LogP contribution in [0.1, 0.15) is 20.8 Å². The van der Waals surface area contributed by atoms with Gasteiger partial charge in [-0.25, -0.2) is 0 Å². The van der Waals surface area contributed by atoms with Crippen LogP contribution in [0.3, 0.4) is 0 Å². The average Bonchev–Trinajstić information content (AvgIpc) is 2.77. The van der Waals surface area contributed by atoms with Crippen molar-refractivity contribution in [3.05, 3.63) is 50.1 Å². The van der Waals surface area contributed by atoms with Gasteiger partial charge in [0.15, 0.2) is 0 Å². The molecule has 2 rings (SSSR count). The molecule has 1 heterocycles. The Labute approximate surface area is 125 Å².